The van der Waals surface area contributed by atoms with E-state index in [4.69, 9.17) is 5.11 Å². The summed E-state index contributed by atoms with van der Waals surface area (Å²) in [6, 6.07) is 3.90. The van der Waals surface area contributed by atoms with Crippen molar-refractivity contribution < 1.29 is 14.8 Å². The molecule has 0 saturated carbocycles. The van der Waals surface area contributed by atoms with Crippen LogP contribution in [-0.2, 0) is 0 Å². The summed E-state index contributed by atoms with van der Waals surface area (Å²) in [6.07, 6.45) is -1.20. The molecule has 1 amide bonds. The summed E-state index contributed by atoms with van der Waals surface area (Å²) in [7, 11) is 0. The van der Waals surface area contributed by atoms with Gasteiger partial charge < -0.3 is 5.11 Å². The van der Waals surface area contributed by atoms with Gasteiger partial charge in [0, 0.05) is 15.7 Å². The first-order valence-electron chi connectivity index (χ1n) is 3.44. The van der Waals surface area contributed by atoms with Crippen molar-refractivity contribution in [1.82, 2.24) is 0 Å². The molecule has 0 aromatic heterocycles. The zero-order valence-corrected chi connectivity index (χ0v) is 8.89. The molecule has 1 aromatic carbocycles. The average Bonchev–Trinajstić information content (AvgIpc) is 2.07. The van der Waals surface area contributed by atoms with E-state index in [0.717, 1.165) is 0 Å². The van der Waals surface area contributed by atoms with E-state index >= 15 is 0 Å². The van der Waals surface area contributed by atoms with E-state index in [0.29, 0.717) is 9.26 Å². The van der Waals surface area contributed by atoms with Gasteiger partial charge in [0.25, 0.3) is 5.69 Å². The zero-order valence-electron chi connectivity index (χ0n) is 6.73. The van der Waals surface area contributed by atoms with Gasteiger partial charge in [0.05, 0.1) is 10.6 Å². The van der Waals surface area contributed by atoms with Gasteiger partial charge in [-0.1, -0.05) is 0 Å². The molecule has 0 saturated heterocycles. The monoisotopic (exact) mass is 308 g/mol. The van der Waals surface area contributed by atoms with Crippen LogP contribution < -0.4 is 5.32 Å². The Morgan fingerprint density at radius 1 is 1.57 bits per heavy atom. The highest BCUT2D eigenvalue weighted by atomic mass is 127. The minimum Gasteiger partial charge on any atom is -0.465 e. The lowest BCUT2D eigenvalue weighted by Gasteiger charge is -2.02. The van der Waals surface area contributed by atoms with Crippen LogP contribution in [0.25, 0.3) is 0 Å². The van der Waals surface area contributed by atoms with Crippen LogP contribution in [0.2, 0.25) is 0 Å². The summed E-state index contributed by atoms with van der Waals surface area (Å²) in [5.41, 5.74) is 0.272. The summed E-state index contributed by atoms with van der Waals surface area (Å²) in [6.45, 7) is 0. The van der Waals surface area contributed by atoms with Gasteiger partial charge in [0.1, 0.15) is 0 Å². The van der Waals surface area contributed by atoms with Crippen molar-refractivity contribution in [3.63, 3.8) is 0 Å². The molecule has 0 unspecified atom stereocenters. The second kappa shape index (κ2) is 4.22. The number of nitro benzene ring substituents is 1. The van der Waals surface area contributed by atoms with Crippen LogP contribution in [0.15, 0.2) is 18.2 Å². The van der Waals surface area contributed by atoms with E-state index in [9.17, 15) is 14.9 Å². The number of anilines is 1. The summed E-state index contributed by atoms with van der Waals surface area (Å²) in [4.78, 5) is 20.1. The number of rotatable bonds is 2. The molecule has 0 aliphatic carbocycles. The maximum absolute atomic E-state index is 10.4. The van der Waals surface area contributed by atoms with Crippen LogP contribution >= 0.6 is 22.6 Å². The molecule has 0 fully saturated rings. The number of halogens is 1. The predicted molar refractivity (Wildman–Crippen MR) is 57.5 cm³/mol. The Balaban J connectivity index is 3.01. The van der Waals surface area contributed by atoms with Crippen molar-refractivity contribution in [2.24, 2.45) is 0 Å². The fraction of sp³-hybridized carbons (Fsp3) is 0. The highest BCUT2D eigenvalue weighted by molar-refractivity contribution is 14.1. The first kappa shape index (κ1) is 10.7. The molecule has 2 N–H and O–H groups in total. The highest BCUT2D eigenvalue weighted by Gasteiger charge is 2.09. The Kier molecular flexibility index (Phi) is 3.23. The van der Waals surface area contributed by atoms with Crippen molar-refractivity contribution in [3.8, 4) is 0 Å². The van der Waals surface area contributed by atoms with Crippen molar-refractivity contribution in [3.05, 3.63) is 31.9 Å². The van der Waals surface area contributed by atoms with Crippen molar-refractivity contribution in [2.45, 2.75) is 0 Å². The number of hydrogen-bond acceptors (Lipinski definition) is 3. The Morgan fingerprint density at radius 3 is 2.64 bits per heavy atom. The van der Waals surface area contributed by atoms with E-state index in [1.165, 1.54) is 18.2 Å². The summed E-state index contributed by atoms with van der Waals surface area (Å²) in [5.74, 6) is 0. The van der Waals surface area contributed by atoms with Crippen molar-refractivity contribution in [2.75, 3.05) is 5.32 Å². The normalized spacial score (nSPS) is 9.50. The molecule has 14 heavy (non-hydrogen) atoms. The number of nitrogens with one attached hydrogen (secondary N) is 1. The summed E-state index contributed by atoms with van der Waals surface area (Å²) in [5, 5.41) is 20.9. The molecule has 0 bridgehead atoms. The van der Waals surface area contributed by atoms with Gasteiger partial charge in [-0.15, -0.1) is 0 Å². The second-order valence-corrected chi connectivity index (χ2v) is 3.51. The third kappa shape index (κ3) is 2.55. The van der Waals surface area contributed by atoms with Crippen LogP contribution in [-0.4, -0.2) is 16.1 Å². The standard InChI is InChI=1S/C7H5IN2O4/c8-5-3-4(10(13)14)1-2-6(5)9-7(11)12/h1-3,9H,(H,11,12). The Labute approximate surface area is 92.2 Å². The van der Waals surface area contributed by atoms with E-state index in [1.54, 1.807) is 0 Å². The number of hydrogen-bond donors (Lipinski definition) is 2. The number of non-ortho nitro benzene ring substituents is 1. The lowest BCUT2D eigenvalue weighted by Crippen LogP contribution is -2.08. The Hall–Kier alpha value is -1.38. The van der Waals surface area contributed by atoms with Crippen LogP contribution in [0.4, 0.5) is 16.2 Å². The fourth-order valence-electron chi connectivity index (χ4n) is 0.834. The van der Waals surface area contributed by atoms with Gasteiger partial charge in [-0.05, 0) is 28.7 Å². The molecule has 74 valence electrons. The molecule has 0 aliphatic rings. The first-order chi connectivity index (χ1) is 6.50. The second-order valence-electron chi connectivity index (χ2n) is 2.35. The molecule has 1 aromatic rings. The topological polar surface area (TPSA) is 92.5 Å². The number of benzene rings is 1. The number of amides is 1. The fourth-order valence-corrected chi connectivity index (χ4v) is 1.47. The number of nitro groups is 1. The van der Waals surface area contributed by atoms with Crippen LogP contribution in [0.1, 0.15) is 0 Å². The minimum atomic E-state index is -1.20. The van der Waals surface area contributed by atoms with Gasteiger partial charge in [0.2, 0.25) is 0 Å². The SMILES string of the molecule is O=C(O)Nc1ccc([N+](=O)[O-])cc1I. The van der Waals surface area contributed by atoms with Crippen molar-refractivity contribution >= 4 is 40.1 Å². The van der Waals surface area contributed by atoms with Gasteiger partial charge >= 0.3 is 6.09 Å². The number of carbonyl (C=O) groups is 1. The molecule has 0 atom stereocenters. The maximum Gasteiger partial charge on any atom is 0.409 e. The van der Waals surface area contributed by atoms with Gasteiger partial charge in [0.15, 0.2) is 0 Å². The summed E-state index contributed by atoms with van der Waals surface area (Å²) < 4.78 is 0.485. The van der Waals surface area contributed by atoms with Crippen molar-refractivity contribution in [1.29, 1.82) is 0 Å². The van der Waals surface area contributed by atoms with E-state index in [-0.39, 0.29) is 5.69 Å². The van der Waals surface area contributed by atoms with Crippen LogP contribution in [0, 0.1) is 13.7 Å². The lowest BCUT2D eigenvalue weighted by molar-refractivity contribution is -0.384. The smallest absolute Gasteiger partial charge is 0.409 e. The van der Waals surface area contributed by atoms with E-state index in [1.807, 2.05) is 22.6 Å². The predicted octanol–water partition coefficient (Wildman–Crippen LogP) is 2.29. The minimum absolute atomic E-state index is 0.0645. The molecule has 0 aliphatic heterocycles. The largest absolute Gasteiger partial charge is 0.465 e. The quantitative estimate of drug-likeness (QED) is 0.498. The molecular weight excluding hydrogens is 303 g/mol. The van der Waals surface area contributed by atoms with E-state index in [2.05, 4.69) is 5.32 Å². The average molecular weight is 308 g/mol. The van der Waals surface area contributed by atoms with Gasteiger partial charge in [-0.25, -0.2) is 4.79 Å². The van der Waals surface area contributed by atoms with Gasteiger partial charge in [-0.2, -0.15) is 0 Å². The molecular formula is C7H5IN2O4. The molecule has 0 heterocycles. The Bertz CT molecular complexity index is 393. The van der Waals surface area contributed by atoms with Crippen LogP contribution in [0.5, 0.6) is 0 Å². The molecule has 1 rings (SSSR count). The van der Waals surface area contributed by atoms with E-state index < -0.39 is 11.0 Å². The number of nitrogens with zero attached hydrogens (tertiary/aromatic N) is 1. The molecule has 0 spiro atoms. The third-order valence-electron chi connectivity index (χ3n) is 1.41. The Morgan fingerprint density at radius 2 is 2.21 bits per heavy atom. The number of carboxylic acid groups (broad SMARTS) is 1. The summed E-state index contributed by atoms with van der Waals surface area (Å²) >= 11 is 1.82. The maximum atomic E-state index is 10.4. The zero-order chi connectivity index (χ0) is 10.7. The van der Waals surface area contributed by atoms with Gasteiger partial charge in [-0.3, -0.25) is 15.4 Å². The first-order valence-corrected chi connectivity index (χ1v) is 4.52. The molecule has 7 heteroatoms. The third-order valence-corrected chi connectivity index (χ3v) is 2.30. The lowest BCUT2D eigenvalue weighted by atomic mass is 10.3. The molecule has 0 radical (unpaired) electrons. The highest BCUT2D eigenvalue weighted by Crippen LogP contribution is 2.23. The van der Waals surface area contributed by atoms with Crippen LogP contribution in [0.3, 0.4) is 0 Å². The molecule has 6 nitrogen and oxygen atoms in total.